The van der Waals surface area contributed by atoms with E-state index in [2.05, 4.69) is 25.2 Å². The summed E-state index contributed by atoms with van der Waals surface area (Å²) in [6, 6.07) is 6.01. The van der Waals surface area contributed by atoms with Crippen molar-refractivity contribution in [2.24, 2.45) is 5.92 Å². The predicted octanol–water partition coefficient (Wildman–Crippen LogP) is 3.12. The van der Waals surface area contributed by atoms with Crippen LogP contribution in [0.15, 0.2) is 18.2 Å². The molecule has 0 saturated heterocycles. The Morgan fingerprint density at radius 2 is 2.00 bits per heavy atom. The van der Waals surface area contributed by atoms with E-state index in [1.165, 1.54) is 5.56 Å². The first kappa shape index (κ1) is 13.9. The van der Waals surface area contributed by atoms with Crippen molar-refractivity contribution in [3.63, 3.8) is 0 Å². The third-order valence-corrected chi connectivity index (χ3v) is 2.76. The van der Waals surface area contributed by atoms with Gasteiger partial charge in [-0.05, 0) is 31.9 Å². The zero-order chi connectivity index (χ0) is 12.8. The highest BCUT2D eigenvalue weighted by molar-refractivity contribution is 5.97. The summed E-state index contributed by atoms with van der Waals surface area (Å²) in [6.07, 6.45) is 0.580. The molecule has 0 fully saturated rings. The van der Waals surface area contributed by atoms with Gasteiger partial charge in [-0.3, -0.25) is 4.79 Å². The zero-order valence-electron chi connectivity index (χ0n) is 11.3. The first-order chi connectivity index (χ1) is 8.00. The molecule has 0 amide bonds. The number of aryl methyl sites for hydroxylation is 2. The third-order valence-electron chi connectivity index (χ3n) is 2.76. The number of hydrogen-bond donors (Lipinski definition) is 1. The van der Waals surface area contributed by atoms with Crippen molar-refractivity contribution in [3.05, 3.63) is 34.9 Å². The van der Waals surface area contributed by atoms with E-state index in [0.717, 1.165) is 24.2 Å². The fourth-order valence-corrected chi connectivity index (χ4v) is 1.85. The molecule has 17 heavy (non-hydrogen) atoms. The molecule has 0 heterocycles. The molecule has 0 radical (unpaired) electrons. The number of rotatable bonds is 6. The van der Waals surface area contributed by atoms with Crippen molar-refractivity contribution in [1.82, 2.24) is 5.32 Å². The number of benzene rings is 1. The predicted molar refractivity (Wildman–Crippen MR) is 72.6 cm³/mol. The Balaban J connectivity index is 2.47. The number of Topliss-reactive ketones (excluding diaryl/α,β-unsaturated/α-hetero) is 1. The highest BCUT2D eigenvalue weighted by Crippen LogP contribution is 2.12. The van der Waals surface area contributed by atoms with E-state index in [1.54, 1.807) is 0 Å². The van der Waals surface area contributed by atoms with Crippen LogP contribution in [0.4, 0.5) is 0 Å². The van der Waals surface area contributed by atoms with Gasteiger partial charge < -0.3 is 5.32 Å². The van der Waals surface area contributed by atoms with Crippen molar-refractivity contribution < 1.29 is 4.79 Å². The third kappa shape index (κ3) is 4.70. The molecule has 0 bridgehead atoms. The molecular formula is C15H23NO. The monoisotopic (exact) mass is 233 g/mol. The molecule has 1 rings (SSSR count). The maximum atomic E-state index is 12.0. The standard InChI is InChI=1S/C15H23NO/c1-11(2)10-16-8-7-15(17)14-6-5-12(3)9-13(14)4/h5-6,9,11,16H,7-8,10H2,1-4H3. The summed E-state index contributed by atoms with van der Waals surface area (Å²) in [5.41, 5.74) is 3.15. The first-order valence-corrected chi connectivity index (χ1v) is 6.32. The number of nitrogens with one attached hydrogen (secondary N) is 1. The lowest BCUT2D eigenvalue weighted by molar-refractivity contribution is 0.0981. The number of hydrogen-bond acceptors (Lipinski definition) is 2. The van der Waals surface area contributed by atoms with Gasteiger partial charge in [0, 0.05) is 18.5 Å². The van der Waals surface area contributed by atoms with Crippen LogP contribution in [0, 0.1) is 19.8 Å². The Kier molecular flexibility index (Phi) is 5.36. The topological polar surface area (TPSA) is 29.1 Å². The summed E-state index contributed by atoms with van der Waals surface area (Å²) < 4.78 is 0. The Bertz CT molecular complexity index is 383. The molecule has 2 nitrogen and oxygen atoms in total. The SMILES string of the molecule is Cc1ccc(C(=O)CCNCC(C)C)c(C)c1. The molecule has 0 spiro atoms. The Morgan fingerprint density at radius 3 is 2.59 bits per heavy atom. The van der Waals surface area contributed by atoms with E-state index in [4.69, 9.17) is 0 Å². The lowest BCUT2D eigenvalue weighted by atomic mass is 10.0. The van der Waals surface area contributed by atoms with Crippen LogP contribution < -0.4 is 5.32 Å². The lowest BCUT2D eigenvalue weighted by Gasteiger charge is -2.08. The number of carbonyl (C=O) groups is 1. The van der Waals surface area contributed by atoms with Crippen molar-refractivity contribution in [2.75, 3.05) is 13.1 Å². The fraction of sp³-hybridized carbons (Fsp3) is 0.533. The van der Waals surface area contributed by atoms with Crippen LogP contribution in [0.3, 0.4) is 0 Å². The molecule has 0 aromatic heterocycles. The molecule has 0 aliphatic carbocycles. The lowest BCUT2D eigenvalue weighted by Crippen LogP contribution is -2.22. The van der Waals surface area contributed by atoms with Gasteiger partial charge >= 0.3 is 0 Å². The molecule has 0 atom stereocenters. The van der Waals surface area contributed by atoms with Gasteiger partial charge in [-0.25, -0.2) is 0 Å². The van der Waals surface area contributed by atoms with Crippen LogP contribution in [0.25, 0.3) is 0 Å². The highest BCUT2D eigenvalue weighted by atomic mass is 16.1. The molecule has 1 aromatic rings. The minimum absolute atomic E-state index is 0.235. The summed E-state index contributed by atoms with van der Waals surface area (Å²) in [6.45, 7) is 10.1. The van der Waals surface area contributed by atoms with Crippen LogP contribution in [-0.2, 0) is 0 Å². The van der Waals surface area contributed by atoms with Crippen LogP contribution in [0.5, 0.6) is 0 Å². The Morgan fingerprint density at radius 1 is 1.29 bits per heavy atom. The summed E-state index contributed by atoms with van der Waals surface area (Å²) >= 11 is 0. The second-order valence-electron chi connectivity index (χ2n) is 5.09. The largest absolute Gasteiger partial charge is 0.316 e. The number of carbonyl (C=O) groups excluding carboxylic acids is 1. The smallest absolute Gasteiger partial charge is 0.164 e. The van der Waals surface area contributed by atoms with Crippen LogP contribution >= 0.6 is 0 Å². The molecule has 2 heteroatoms. The summed E-state index contributed by atoms with van der Waals surface area (Å²) in [7, 11) is 0. The minimum atomic E-state index is 0.235. The molecule has 94 valence electrons. The summed E-state index contributed by atoms with van der Waals surface area (Å²) in [5.74, 6) is 0.866. The molecule has 0 aliphatic heterocycles. The Labute approximate surface area is 104 Å². The molecule has 0 aliphatic rings. The maximum absolute atomic E-state index is 12.0. The normalized spacial score (nSPS) is 10.9. The summed E-state index contributed by atoms with van der Waals surface area (Å²) in [4.78, 5) is 12.0. The van der Waals surface area contributed by atoms with Crippen molar-refractivity contribution in [3.8, 4) is 0 Å². The van der Waals surface area contributed by atoms with E-state index in [0.29, 0.717) is 12.3 Å². The highest BCUT2D eigenvalue weighted by Gasteiger charge is 2.08. The van der Waals surface area contributed by atoms with Crippen molar-refractivity contribution in [1.29, 1.82) is 0 Å². The molecule has 1 N–H and O–H groups in total. The minimum Gasteiger partial charge on any atom is -0.316 e. The molecule has 0 saturated carbocycles. The van der Waals surface area contributed by atoms with E-state index < -0.39 is 0 Å². The second-order valence-corrected chi connectivity index (χ2v) is 5.09. The average Bonchev–Trinajstić information content (AvgIpc) is 2.23. The quantitative estimate of drug-likeness (QED) is 0.604. The van der Waals surface area contributed by atoms with E-state index in [1.807, 2.05) is 26.0 Å². The van der Waals surface area contributed by atoms with Crippen LogP contribution in [-0.4, -0.2) is 18.9 Å². The summed E-state index contributed by atoms with van der Waals surface area (Å²) in [5, 5.41) is 3.30. The molecule has 1 aromatic carbocycles. The van der Waals surface area contributed by atoms with Gasteiger partial charge in [0.25, 0.3) is 0 Å². The zero-order valence-corrected chi connectivity index (χ0v) is 11.3. The fourth-order valence-electron chi connectivity index (χ4n) is 1.85. The van der Waals surface area contributed by atoms with Gasteiger partial charge in [-0.2, -0.15) is 0 Å². The van der Waals surface area contributed by atoms with Crippen LogP contribution in [0.2, 0.25) is 0 Å². The Hall–Kier alpha value is -1.15. The maximum Gasteiger partial charge on any atom is 0.164 e. The van der Waals surface area contributed by atoms with Crippen molar-refractivity contribution in [2.45, 2.75) is 34.1 Å². The average molecular weight is 233 g/mol. The van der Waals surface area contributed by atoms with Crippen LogP contribution in [0.1, 0.15) is 41.8 Å². The van der Waals surface area contributed by atoms with Crippen molar-refractivity contribution >= 4 is 5.78 Å². The van der Waals surface area contributed by atoms with Gasteiger partial charge in [0.2, 0.25) is 0 Å². The van der Waals surface area contributed by atoms with E-state index in [9.17, 15) is 4.79 Å². The second kappa shape index (κ2) is 6.55. The molecular weight excluding hydrogens is 210 g/mol. The molecule has 0 unspecified atom stereocenters. The van der Waals surface area contributed by atoms with Gasteiger partial charge in [0.05, 0.1) is 0 Å². The number of ketones is 1. The van der Waals surface area contributed by atoms with Gasteiger partial charge in [0.15, 0.2) is 5.78 Å². The van der Waals surface area contributed by atoms with Gasteiger partial charge in [0.1, 0.15) is 0 Å². The van der Waals surface area contributed by atoms with Gasteiger partial charge in [-0.1, -0.05) is 37.6 Å². The van der Waals surface area contributed by atoms with E-state index in [-0.39, 0.29) is 5.78 Å². The van der Waals surface area contributed by atoms with E-state index >= 15 is 0 Å². The van der Waals surface area contributed by atoms with Gasteiger partial charge in [-0.15, -0.1) is 0 Å². The first-order valence-electron chi connectivity index (χ1n) is 6.32.